The van der Waals surface area contributed by atoms with Gasteiger partial charge in [0.1, 0.15) is 11.6 Å². The van der Waals surface area contributed by atoms with Crippen molar-refractivity contribution in [3.05, 3.63) is 29.5 Å². The molecule has 0 unspecified atom stereocenters. The van der Waals surface area contributed by atoms with E-state index in [9.17, 15) is 4.39 Å². The minimum Gasteiger partial charge on any atom is -0.286 e. The van der Waals surface area contributed by atoms with Gasteiger partial charge in [-0.2, -0.15) is 0 Å². The largest absolute Gasteiger partial charge is 0.286 e. The minimum atomic E-state index is -0.201. The molecule has 94 valence electrons. The predicted octanol–water partition coefficient (Wildman–Crippen LogP) is 3.58. The Morgan fingerprint density at radius 2 is 1.94 bits per heavy atom. The van der Waals surface area contributed by atoms with Crippen LogP contribution >= 0.6 is 0 Å². The van der Waals surface area contributed by atoms with Gasteiger partial charge in [0.2, 0.25) is 0 Å². The molecule has 0 fully saturated rings. The van der Waals surface area contributed by atoms with Gasteiger partial charge >= 0.3 is 0 Å². The van der Waals surface area contributed by atoms with Crippen LogP contribution in [-0.2, 0) is 6.42 Å². The van der Waals surface area contributed by atoms with E-state index in [0.29, 0.717) is 17.6 Å². The van der Waals surface area contributed by atoms with Gasteiger partial charge in [0.05, 0.1) is 0 Å². The molecule has 0 saturated heterocycles. The first-order valence-electron chi connectivity index (χ1n) is 6.16. The third-order valence-corrected chi connectivity index (χ3v) is 2.49. The van der Waals surface area contributed by atoms with Crippen LogP contribution in [0.25, 0.3) is 5.65 Å². The van der Waals surface area contributed by atoms with E-state index >= 15 is 0 Å². The SMILES string of the molecule is CC.CCc1cn2c(C(C)C)nnc2cc1F. The second kappa shape index (κ2) is 5.75. The third-order valence-electron chi connectivity index (χ3n) is 2.49. The van der Waals surface area contributed by atoms with E-state index in [1.165, 1.54) is 6.07 Å². The van der Waals surface area contributed by atoms with Crippen molar-refractivity contribution in [2.75, 3.05) is 0 Å². The molecule has 0 aromatic carbocycles. The zero-order chi connectivity index (χ0) is 13.0. The van der Waals surface area contributed by atoms with E-state index < -0.39 is 0 Å². The van der Waals surface area contributed by atoms with Crippen LogP contribution < -0.4 is 0 Å². The highest BCUT2D eigenvalue weighted by atomic mass is 19.1. The zero-order valence-corrected chi connectivity index (χ0v) is 11.2. The number of aromatic nitrogens is 3. The van der Waals surface area contributed by atoms with Gasteiger partial charge in [-0.25, -0.2) is 4.39 Å². The molecule has 0 aliphatic carbocycles. The molecular weight excluding hydrogens is 217 g/mol. The fourth-order valence-electron chi connectivity index (χ4n) is 1.62. The molecule has 2 heterocycles. The molecular formula is C13H20FN3. The summed E-state index contributed by atoms with van der Waals surface area (Å²) in [6.07, 6.45) is 2.47. The Balaban J connectivity index is 0.000000686. The molecule has 0 spiro atoms. The number of fused-ring (bicyclic) bond motifs is 1. The van der Waals surface area contributed by atoms with Crippen LogP contribution in [0.1, 0.15) is 51.9 Å². The first-order valence-corrected chi connectivity index (χ1v) is 6.16. The summed E-state index contributed by atoms with van der Waals surface area (Å²) >= 11 is 0. The molecule has 0 bridgehead atoms. The summed E-state index contributed by atoms with van der Waals surface area (Å²) < 4.78 is 15.3. The molecule has 4 heteroatoms. The van der Waals surface area contributed by atoms with Crippen molar-refractivity contribution in [3.8, 4) is 0 Å². The molecule has 3 nitrogen and oxygen atoms in total. The van der Waals surface area contributed by atoms with Crippen molar-refractivity contribution in [3.63, 3.8) is 0 Å². The molecule has 17 heavy (non-hydrogen) atoms. The van der Waals surface area contributed by atoms with E-state index in [-0.39, 0.29) is 11.7 Å². The third kappa shape index (κ3) is 2.62. The number of nitrogens with zero attached hydrogens (tertiary/aromatic N) is 3. The van der Waals surface area contributed by atoms with Crippen molar-refractivity contribution in [2.45, 2.75) is 47.0 Å². The molecule has 2 aromatic rings. The van der Waals surface area contributed by atoms with E-state index in [0.717, 1.165) is 5.82 Å². The fraction of sp³-hybridized carbons (Fsp3) is 0.538. The zero-order valence-electron chi connectivity index (χ0n) is 11.2. The van der Waals surface area contributed by atoms with Gasteiger partial charge < -0.3 is 0 Å². The van der Waals surface area contributed by atoms with Gasteiger partial charge in [-0.1, -0.05) is 34.6 Å². The second-order valence-electron chi connectivity index (χ2n) is 3.94. The highest BCUT2D eigenvalue weighted by Gasteiger charge is 2.11. The summed E-state index contributed by atoms with van der Waals surface area (Å²) in [6.45, 7) is 10.0. The maximum atomic E-state index is 13.4. The van der Waals surface area contributed by atoms with Crippen LogP contribution in [0.2, 0.25) is 0 Å². The van der Waals surface area contributed by atoms with Gasteiger partial charge in [0, 0.05) is 23.7 Å². The standard InChI is InChI=1S/C11H14FN3.C2H6/c1-4-8-6-15-10(5-9(8)12)13-14-11(15)7(2)3;1-2/h5-7H,4H2,1-3H3;1-2H3. The van der Waals surface area contributed by atoms with Crippen molar-refractivity contribution in [1.29, 1.82) is 0 Å². The van der Waals surface area contributed by atoms with Crippen LogP contribution in [-0.4, -0.2) is 14.6 Å². The first-order chi connectivity index (χ1) is 8.13. The second-order valence-corrected chi connectivity index (χ2v) is 3.94. The molecule has 0 amide bonds. The molecule has 0 saturated carbocycles. The van der Waals surface area contributed by atoms with Gasteiger partial charge in [0.15, 0.2) is 5.65 Å². The number of rotatable bonds is 2. The summed E-state index contributed by atoms with van der Waals surface area (Å²) in [5, 5.41) is 8.01. The lowest BCUT2D eigenvalue weighted by molar-refractivity contribution is 0.609. The molecule has 0 radical (unpaired) electrons. The quantitative estimate of drug-likeness (QED) is 0.799. The first kappa shape index (κ1) is 13.6. The van der Waals surface area contributed by atoms with Gasteiger partial charge in [-0.05, 0) is 6.42 Å². The molecule has 2 rings (SSSR count). The Labute approximate surface area is 102 Å². The molecule has 0 N–H and O–H groups in total. The predicted molar refractivity (Wildman–Crippen MR) is 67.8 cm³/mol. The number of hydrogen-bond donors (Lipinski definition) is 0. The van der Waals surface area contributed by atoms with Crippen molar-refractivity contribution < 1.29 is 4.39 Å². The smallest absolute Gasteiger partial charge is 0.163 e. The molecule has 0 aliphatic heterocycles. The lowest BCUT2D eigenvalue weighted by Crippen LogP contribution is -1.99. The lowest BCUT2D eigenvalue weighted by Gasteiger charge is -2.05. The van der Waals surface area contributed by atoms with E-state index in [4.69, 9.17) is 0 Å². The van der Waals surface area contributed by atoms with Crippen molar-refractivity contribution >= 4 is 5.65 Å². The Morgan fingerprint density at radius 1 is 1.29 bits per heavy atom. The number of hydrogen-bond acceptors (Lipinski definition) is 2. The number of pyridine rings is 1. The summed E-state index contributed by atoms with van der Waals surface area (Å²) in [5.41, 5.74) is 1.28. The number of aryl methyl sites for hydroxylation is 1. The fourth-order valence-corrected chi connectivity index (χ4v) is 1.62. The highest BCUT2D eigenvalue weighted by molar-refractivity contribution is 5.40. The van der Waals surface area contributed by atoms with Crippen LogP contribution in [0.15, 0.2) is 12.3 Å². The van der Waals surface area contributed by atoms with E-state index in [1.807, 2.05) is 39.0 Å². The maximum Gasteiger partial charge on any atom is 0.163 e. The van der Waals surface area contributed by atoms with E-state index in [2.05, 4.69) is 10.2 Å². The topological polar surface area (TPSA) is 30.2 Å². The van der Waals surface area contributed by atoms with E-state index in [1.54, 1.807) is 6.20 Å². The maximum absolute atomic E-state index is 13.4. The monoisotopic (exact) mass is 237 g/mol. The lowest BCUT2D eigenvalue weighted by atomic mass is 10.2. The summed E-state index contributed by atoms with van der Waals surface area (Å²) in [5.74, 6) is 0.961. The minimum absolute atomic E-state index is 0.201. The van der Waals surface area contributed by atoms with Gasteiger partial charge in [-0.15, -0.1) is 10.2 Å². The highest BCUT2D eigenvalue weighted by Crippen LogP contribution is 2.17. The van der Waals surface area contributed by atoms with Crippen molar-refractivity contribution in [1.82, 2.24) is 14.6 Å². The van der Waals surface area contributed by atoms with Gasteiger partial charge in [0.25, 0.3) is 0 Å². The summed E-state index contributed by atoms with van der Waals surface area (Å²) in [7, 11) is 0. The Morgan fingerprint density at radius 3 is 2.47 bits per heavy atom. The molecule has 0 atom stereocenters. The normalized spacial score (nSPS) is 10.5. The van der Waals surface area contributed by atoms with Crippen LogP contribution in [0.3, 0.4) is 0 Å². The summed E-state index contributed by atoms with van der Waals surface area (Å²) in [4.78, 5) is 0. The summed E-state index contributed by atoms with van der Waals surface area (Å²) in [6, 6.07) is 1.44. The van der Waals surface area contributed by atoms with Crippen molar-refractivity contribution in [2.24, 2.45) is 0 Å². The average Bonchev–Trinajstić information content (AvgIpc) is 2.73. The van der Waals surface area contributed by atoms with Gasteiger partial charge in [-0.3, -0.25) is 4.40 Å². The molecule has 0 aliphatic rings. The Bertz CT molecular complexity index is 489. The van der Waals surface area contributed by atoms with Crippen LogP contribution in [0, 0.1) is 5.82 Å². The van der Waals surface area contributed by atoms with Crippen LogP contribution in [0.4, 0.5) is 4.39 Å². The Hall–Kier alpha value is -1.45. The molecule has 2 aromatic heterocycles. The number of halogens is 1. The van der Waals surface area contributed by atoms with Crippen LogP contribution in [0.5, 0.6) is 0 Å². The Kier molecular flexibility index (Phi) is 4.61. The average molecular weight is 237 g/mol.